The van der Waals surface area contributed by atoms with E-state index in [-0.39, 0.29) is 17.7 Å². The van der Waals surface area contributed by atoms with Crippen LogP contribution in [0.5, 0.6) is 0 Å². The lowest BCUT2D eigenvalue weighted by Gasteiger charge is -2.24. The summed E-state index contributed by atoms with van der Waals surface area (Å²) < 4.78 is 21.5. The smallest absolute Gasteiger partial charge is 0.340 e. The van der Waals surface area contributed by atoms with Crippen molar-refractivity contribution >= 4 is 23.4 Å². The van der Waals surface area contributed by atoms with E-state index < -0.39 is 29.7 Å². The highest BCUT2D eigenvalue weighted by Crippen LogP contribution is 2.34. The number of hydrogen-bond donors (Lipinski definition) is 1. The molecule has 2 atom stereocenters. The molecule has 0 aliphatic heterocycles. The Morgan fingerprint density at radius 1 is 1.03 bits per heavy atom. The number of hydrogen-bond acceptors (Lipinski definition) is 3. The Labute approximate surface area is 185 Å². The van der Waals surface area contributed by atoms with Gasteiger partial charge in [-0.3, -0.25) is 10.7 Å². The summed E-state index contributed by atoms with van der Waals surface area (Å²) in [6.45, 7) is 1.64. The summed E-state index contributed by atoms with van der Waals surface area (Å²) in [5.41, 5.74) is 0.212. The van der Waals surface area contributed by atoms with Gasteiger partial charge in [-0.25, -0.2) is 9.18 Å². The molecule has 0 fully saturated rings. The molecule has 1 N–H and O–H groups in total. The van der Waals surface area contributed by atoms with Crippen molar-refractivity contribution in [2.45, 2.75) is 18.9 Å². The van der Waals surface area contributed by atoms with Crippen LogP contribution >= 0.6 is 0 Å². The van der Waals surface area contributed by atoms with Crippen molar-refractivity contribution in [3.05, 3.63) is 108 Å². The van der Waals surface area contributed by atoms with Crippen LogP contribution in [0.15, 0.2) is 90.8 Å². The topological polar surface area (TPSA) is 81.6 Å². The van der Waals surface area contributed by atoms with Gasteiger partial charge in [0.25, 0.3) is 5.91 Å². The lowest BCUT2D eigenvalue weighted by atomic mass is 9.83. The maximum absolute atomic E-state index is 14.9. The molecule has 7 heteroatoms. The number of amides is 1. The second-order valence-corrected chi connectivity index (χ2v) is 6.87. The van der Waals surface area contributed by atoms with Gasteiger partial charge in [0.05, 0.1) is 18.1 Å². The summed E-state index contributed by atoms with van der Waals surface area (Å²) in [6, 6.07) is 18.6. The van der Waals surface area contributed by atoms with Gasteiger partial charge in [-0.1, -0.05) is 42.5 Å². The highest BCUT2D eigenvalue weighted by Gasteiger charge is 2.43. The fraction of sp³-hybridized carbons (Fsp3) is 0.160. The number of aromatic nitrogens is 1. The van der Waals surface area contributed by atoms with E-state index in [4.69, 9.17) is 4.74 Å². The van der Waals surface area contributed by atoms with E-state index in [0.29, 0.717) is 5.69 Å². The van der Waals surface area contributed by atoms with E-state index >= 15 is 0 Å². The zero-order chi connectivity index (χ0) is 22.9. The van der Waals surface area contributed by atoms with Crippen molar-refractivity contribution in [2.24, 2.45) is 0 Å². The van der Waals surface area contributed by atoms with E-state index in [2.05, 4.69) is 5.32 Å². The molecule has 0 aliphatic rings. The molecule has 162 valence electrons. The Hall–Kier alpha value is -4.09. The Kier molecular flexibility index (Phi) is 7.62. The summed E-state index contributed by atoms with van der Waals surface area (Å²) in [5, 5.41) is 12.7. The van der Waals surface area contributed by atoms with Crippen molar-refractivity contribution in [3.8, 4) is 0 Å². The van der Waals surface area contributed by atoms with Gasteiger partial charge < -0.3 is 15.5 Å². The number of para-hydroxylation sites is 1. The van der Waals surface area contributed by atoms with Crippen molar-refractivity contribution in [1.29, 1.82) is 0 Å². The maximum Gasteiger partial charge on any atom is 0.340 e. The monoisotopic (exact) mass is 431 g/mol. The number of pyridine rings is 1. The third-order valence-corrected chi connectivity index (χ3v) is 4.85. The molecule has 0 spiro atoms. The van der Waals surface area contributed by atoms with E-state index in [0.717, 1.165) is 0 Å². The highest BCUT2D eigenvalue weighted by atomic mass is 19.1. The standard InChI is InChI=1S/C25H22FN3O3/c1-2-32-25(31)20(17-27)22(19-13-7-8-14-21(19)26)23(29-15-9-4-10-16-29)24(30)28-18-11-5-3-6-12-18/h3-16,22-23H,2H2,1H3,(H,28,30). The molecule has 2 unspecified atom stereocenters. The number of rotatable bonds is 8. The molecule has 0 bridgehead atoms. The summed E-state index contributed by atoms with van der Waals surface area (Å²) in [6.07, 6.45) is 3.26. The number of nitrogens with one attached hydrogen (secondary N) is 1. The van der Waals surface area contributed by atoms with Crippen LogP contribution in [0, 0.1) is 5.82 Å². The van der Waals surface area contributed by atoms with E-state index in [1.54, 1.807) is 72.4 Å². The van der Waals surface area contributed by atoms with Gasteiger partial charge in [-0.05, 0) is 25.1 Å². The fourth-order valence-corrected chi connectivity index (χ4v) is 3.46. The molecule has 0 aliphatic carbocycles. The van der Waals surface area contributed by atoms with E-state index in [1.807, 2.05) is 11.9 Å². The van der Waals surface area contributed by atoms with Gasteiger partial charge in [0.15, 0.2) is 12.4 Å². The highest BCUT2D eigenvalue weighted by molar-refractivity contribution is 6.02. The summed E-state index contributed by atoms with van der Waals surface area (Å²) in [7, 11) is 0. The quantitative estimate of drug-likeness (QED) is 0.255. The molecule has 32 heavy (non-hydrogen) atoms. The number of ether oxygens (including phenoxy) is 1. The third-order valence-electron chi connectivity index (χ3n) is 4.85. The number of halogens is 1. The predicted octanol–water partition coefficient (Wildman–Crippen LogP) is 3.81. The van der Waals surface area contributed by atoms with Crippen LogP contribution in [0.2, 0.25) is 0 Å². The zero-order valence-corrected chi connectivity index (χ0v) is 17.4. The maximum atomic E-state index is 14.9. The van der Waals surface area contributed by atoms with Crippen molar-refractivity contribution in [1.82, 2.24) is 0 Å². The molecular formula is C25H22FN3O3. The van der Waals surface area contributed by atoms with Crippen LogP contribution in [0.1, 0.15) is 24.4 Å². The molecule has 2 aromatic carbocycles. The largest absolute Gasteiger partial charge is 0.763 e. The molecule has 1 amide bonds. The zero-order valence-electron chi connectivity index (χ0n) is 17.4. The second-order valence-electron chi connectivity index (χ2n) is 6.87. The normalized spacial score (nSPS) is 12.2. The molecule has 0 saturated carbocycles. The average molecular weight is 431 g/mol. The Morgan fingerprint density at radius 2 is 1.66 bits per heavy atom. The molecular weight excluding hydrogens is 409 g/mol. The summed E-state index contributed by atoms with van der Waals surface area (Å²) in [4.78, 5) is 26.2. The summed E-state index contributed by atoms with van der Waals surface area (Å²) >= 11 is 0. The van der Waals surface area contributed by atoms with Gasteiger partial charge in [0.1, 0.15) is 5.82 Å². The minimum absolute atomic E-state index is 0.0351. The van der Waals surface area contributed by atoms with Crippen LogP contribution in [-0.4, -0.2) is 24.4 Å². The Bertz CT molecular complexity index is 1130. The van der Waals surface area contributed by atoms with Gasteiger partial charge in [0, 0.05) is 23.4 Å². The van der Waals surface area contributed by atoms with Gasteiger partial charge >= 0.3 is 5.97 Å². The lowest BCUT2D eigenvalue weighted by Crippen LogP contribution is -2.50. The van der Waals surface area contributed by atoms with Crippen molar-refractivity contribution < 1.29 is 23.3 Å². The predicted molar refractivity (Wildman–Crippen MR) is 118 cm³/mol. The fourth-order valence-electron chi connectivity index (χ4n) is 3.46. The first-order valence-electron chi connectivity index (χ1n) is 10.1. The average Bonchev–Trinajstić information content (AvgIpc) is 2.81. The molecule has 1 heterocycles. The minimum atomic E-state index is -1.23. The molecule has 6 nitrogen and oxygen atoms in total. The van der Waals surface area contributed by atoms with Gasteiger partial charge in [0.2, 0.25) is 6.04 Å². The second kappa shape index (κ2) is 10.8. The number of carbonyl (C=O) groups is 2. The molecule has 1 aromatic heterocycles. The first kappa shape index (κ1) is 22.6. The number of anilines is 1. The van der Waals surface area contributed by atoms with Crippen LogP contribution in [0.4, 0.5) is 10.1 Å². The van der Waals surface area contributed by atoms with E-state index in [9.17, 15) is 19.4 Å². The minimum Gasteiger partial charge on any atom is -0.763 e. The van der Waals surface area contributed by atoms with Crippen LogP contribution < -0.4 is 9.88 Å². The SMILES string of the molecule is CCOC(=O)C(=C=[N-])C(c1ccccc1F)C(C(=O)Nc1ccccc1)[n+]1ccccc1. The summed E-state index contributed by atoms with van der Waals surface area (Å²) in [5.74, 6) is -1.41. The van der Waals surface area contributed by atoms with Crippen LogP contribution in [-0.2, 0) is 14.3 Å². The first-order valence-corrected chi connectivity index (χ1v) is 10.1. The van der Waals surface area contributed by atoms with Crippen LogP contribution in [0.25, 0.3) is 5.41 Å². The van der Waals surface area contributed by atoms with Crippen molar-refractivity contribution in [2.75, 3.05) is 11.9 Å². The van der Waals surface area contributed by atoms with Gasteiger partial charge in [-0.2, -0.15) is 4.57 Å². The molecule has 0 saturated heterocycles. The number of nitrogens with zero attached hydrogens (tertiary/aromatic N) is 2. The van der Waals surface area contributed by atoms with Gasteiger partial charge in [-0.15, -0.1) is 0 Å². The Balaban J connectivity index is 2.19. The third kappa shape index (κ3) is 5.14. The number of benzene rings is 2. The lowest BCUT2D eigenvalue weighted by molar-refractivity contribution is -0.710. The van der Waals surface area contributed by atoms with Crippen molar-refractivity contribution in [3.63, 3.8) is 0 Å². The first-order chi connectivity index (χ1) is 15.6. The molecule has 3 rings (SSSR count). The van der Waals surface area contributed by atoms with Crippen LogP contribution in [0.3, 0.4) is 0 Å². The van der Waals surface area contributed by atoms with E-state index in [1.165, 1.54) is 18.2 Å². The molecule has 0 radical (unpaired) electrons. The Morgan fingerprint density at radius 3 is 2.28 bits per heavy atom. The number of carbonyl (C=O) groups excluding carboxylic acids is 2. The molecule has 3 aromatic rings. The number of esters is 1.